The number of hydrazine groups is 1. The van der Waals surface area contributed by atoms with Crippen molar-refractivity contribution in [2.45, 2.75) is 81.8 Å². The molecule has 1 amide bonds. The van der Waals surface area contributed by atoms with Gasteiger partial charge >= 0.3 is 9.15 Å². The maximum atomic E-state index is 12.5. The van der Waals surface area contributed by atoms with Crippen LogP contribution in [0.2, 0.25) is 0 Å². The maximum absolute atomic E-state index is 12.5. The lowest BCUT2D eigenvalue weighted by Crippen LogP contribution is -2.31. The van der Waals surface area contributed by atoms with Crippen molar-refractivity contribution in [2.75, 3.05) is 26.1 Å². The first-order chi connectivity index (χ1) is 56.3. The van der Waals surface area contributed by atoms with E-state index in [1.165, 1.54) is 51.7 Å². The van der Waals surface area contributed by atoms with Gasteiger partial charge in [-0.1, -0.05) is 183 Å². The van der Waals surface area contributed by atoms with E-state index in [0.29, 0.717) is 49.1 Å². The van der Waals surface area contributed by atoms with Crippen molar-refractivity contribution in [3.63, 3.8) is 0 Å². The summed E-state index contributed by atoms with van der Waals surface area (Å²) in [5, 5.41) is 26.3. The standard InChI is InChI=1S/C21H16BrN3O.C19H17BrN2O.C13H11BrN2O2.C12H11BrN4O.C12H11BrN2O.C7H6N2.BBr3.H2N2.H2O.H2/c22-18-3-1-2-17-20-12-24-13-25(20)19(21(17)18)9-8-16(26)10-14-4-6-15(11-23)7-5-14;20-16-8-4-7-15-18-11-21-13-22(18)17(19(15)16)9-10-23-12-14-5-2-1-3-6-14;1-18-12(17)5-10-13-8(3-2-4-9(13)14)11-6-15-7-16(10)11;13-8-3-1-2-7-10-5-15-6-17(10)9(12(7)8)4-11(18)16-14;13-9-3-1-2-8-11-6-14-7-15(11)10(4-5-16)12(8)9;8-5-6-1-3-7(9)4-2-6;2-1(3)4;1-2;;/h1-7,12-13,19H,8-10H2;1-8,11,13,17H,9-10,12H2;2-4,6-7,10H,5H2,1H3;1-3,5-6,9H,4,14H2,(H,16,18);1-3,6-7,10,16H,4-5H2;1-4H,9H2;;1-2H;1H2;1H. The summed E-state index contributed by atoms with van der Waals surface area (Å²) in [4.78, 5) is 56.6. The topological polar surface area (TPSA) is 370 Å². The van der Waals surface area contributed by atoms with Crippen LogP contribution in [0, 0.1) is 33.7 Å². The summed E-state index contributed by atoms with van der Waals surface area (Å²) < 4.78 is 26.8. The predicted octanol–water partition coefficient (Wildman–Crippen LogP) is 19.8. The molecule has 0 bridgehead atoms. The third-order valence-corrected chi connectivity index (χ3v) is 23.2. The predicted molar refractivity (Wildman–Crippen MR) is 482 cm³/mol. The Morgan fingerprint density at radius 3 is 1.20 bits per heavy atom. The Hall–Kier alpha value is -9.46. The van der Waals surface area contributed by atoms with E-state index in [1.54, 1.807) is 49.1 Å². The number of imidazole rings is 5. The Balaban J connectivity index is 0.000000162. The molecule has 0 saturated heterocycles. The number of nitrogen functional groups attached to an aromatic ring is 1. The summed E-state index contributed by atoms with van der Waals surface area (Å²) in [6, 6.07) is 59.6. The van der Waals surface area contributed by atoms with Crippen molar-refractivity contribution < 1.29 is 35.9 Å². The van der Waals surface area contributed by atoms with Crippen LogP contribution in [0.3, 0.4) is 0 Å². The zero-order valence-electron chi connectivity index (χ0n) is 62.5. The molecule has 0 radical (unpaired) electrons. The molecule has 117 heavy (non-hydrogen) atoms. The van der Waals surface area contributed by atoms with E-state index in [2.05, 4.69) is 220 Å². The van der Waals surface area contributed by atoms with Crippen molar-refractivity contribution in [2.24, 2.45) is 5.84 Å². The number of esters is 1. The van der Waals surface area contributed by atoms with Crippen LogP contribution >= 0.6 is 127 Å². The molecule has 0 saturated carbocycles. The largest absolute Gasteiger partial charge is 0.469 e. The number of aliphatic hydroxyl groups is 1. The third kappa shape index (κ3) is 21.4. The van der Waals surface area contributed by atoms with Crippen molar-refractivity contribution >= 4 is 153 Å². The molecular weight excluding hydrogens is 2010 g/mol. The first kappa shape index (κ1) is 89.9. The van der Waals surface area contributed by atoms with E-state index in [9.17, 15) is 14.4 Å². The van der Waals surface area contributed by atoms with Crippen LogP contribution < -0.4 is 17.0 Å². The summed E-state index contributed by atoms with van der Waals surface area (Å²) in [5.41, 5.74) is 39.1. The van der Waals surface area contributed by atoms with Crippen LogP contribution in [0.1, 0.15) is 120 Å². The van der Waals surface area contributed by atoms with E-state index in [0.717, 1.165) is 98.8 Å². The van der Waals surface area contributed by atoms with E-state index >= 15 is 0 Å². The van der Waals surface area contributed by atoms with Gasteiger partial charge in [0.1, 0.15) is 5.78 Å². The number of nitrogens with two attached hydrogens (primary N) is 2. The number of fused-ring (bicyclic) bond motifs is 15. The molecule has 5 aromatic heterocycles. The number of anilines is 1. The quantitative estimate of drug-likeness (QED) is 0.00765. The third-order valence-electron chi connectivity index (χ3n) is 19.7. The maximum Gasteiger partial charge on any atom is 0.369 e. The highest BCUT2D eigenvalue weighted by molar-refractivity contribution is 9.69. The number of hydrogen-bond donors (Lipinski definition) is 6. The smallest absolute Gasteiger partial charge is 0.369 e. The van der Waals surface area contributed by atoms with Gasteiger partial charge in [0.25, 0.3) is 0 Å². The molecule has 24 nitrogen and oxygen atoms in total. The lowest BCUT2D eigenvalue weighted by Gasteiger charge is -2.16. The highest BCUT2D eigenvalue weighted by Gasteiger charge is 2.36. The van der Waals surface area contributed by atoms with Crippen molar-refractivity contribution in [1.82, 2.24) is 53.2 Å². The van der Waals surface area contributed by atoms with Gasteiger partial charge in [-0.3, -0.25) is 19.8 Å². The van der Waals surface area contributed by atoms with Gasteiger partial charge in [-0.15, -0.1) is 47.3 Å². The second kappa shape index (κ2) is 43.3. The number of nitrogens with one attached hydrogen (secondary N) is 3. The van der Waals surface area contributed by atoms with Gasteiger partial charge in [0, 0.05) is 83.4 Å². The lowest BCUT2D eigenvalue weighted by atomic mass is 9.97. The average Bonchev–Trinajstić information content (AvgIpc) is 1.63. The first-order valence-corrected chi connectivity index (χ1v) is 42.8. The van der Waals surface area contributed by atoms with Crippen molar-refractivity contribution in [3.8, 4) is 68.4 Å². The number of nitriles is 2. The monoisotopic (exact) mass is 2080 g/mol. The van der Waals surface area contributed by atoms with Crippen LogP contribution in [-0.2, 0) is 36.9 Å². The second-order valence-corrected chi connectivity index (χ2v) is 37.2. The molecule has 5 unspecified atom stereocenters. The van der Waals surface area contributed by atoms with Gasteiger partial charge in [0.05, 0.1) is 171 Å². The Labute approximate surface area is 744 Å². The number of benzene rings is 8. The first-order valence-electron chi connectivity index (χ1n) is 36.1. The average molecular weight is 2090 g/mol. The number of carbonyl (C=O) groups excluding carboxylic acids is 3. The van der Waals surface area contributed by atoms with E-state index in [-0.39, 0.29) is 64.6 Å². The molecule has 10 heterocycles. The number of methoxy groups -OCH3 is 1. The van der Waals surface area contributed by atoms with Crippen LogP contribution in [0.25, 0.3) is 56.3 Å². The summed E-state index contributed by atoms with van der Waals surface area (Å²) >= 11 is 27.4. The number of aromatic nitrogens is 10. The molecule has 8 aromatic carbocycles. The van der Waals surface area contributed by atoms with Gasteiger partial charge < -0.3 is 48.6 Å². The van der Waals surface area contributed by atoms with Crippen LogP contribution in [0.5, 0.6) is 0 Å². The van der Waals surface area contributed by atoms with Crippen LogP contribution in [0.15, 0.2) is 255 Å². The Kier molecular flexibility index (Phi) is 33.3. The minimum Gasteiger partial charge on any atom is -0.469 e. The van der Waals surface area contributed by atoms with E-state index < -0.39 is 0 Å². The van der Waals surface area contributed by atoms with Gasteiger partial charge in [-0.25, -0.2) is 41.8 Å². The fourth-order valence-corrected chi connectivity index (χ4v) is 17.8. The SMILES string of the molecule is BrB(Br)Br.Brc1cccc2c1C(CCOCc1ccccc1)n1cncc1-2.COC(=O)CC1c2c(Br)cccc2-c2cncn21.N#Cc1ccc(CC(=O)CCC2c3c(Br)cccc3-c3cncn32)cc1.N#Cc1ccc(N)cc1.N=N.NNC(=O)CC1c2c(Br)cccc2-c2cncn21.O.OCCC1c2c(Br)cccc2-c2cncn21.[HH]. The van der Waals surface area contributed by atoms with E-state index in [1.807, 2.05) is 156 Å². The van der Waals surface area contributed by atoms with Gasteiger partial charge in [-0.05, 0) is 125 Å². The molecule has 13 aromatic rings. The number of hydrogen-bond acceptors (Lipinski definition) is 17. The van der Waals surface area contributed by atoms with E-state index in [4.69, 9.17) is 47.7 Å². The fraction of sp³-hybridized carbons (Fsp3) is 0.190. The van der Waals surface area contributed by atoms with Gasteiger partial charge in [-0.2, -0.15) is 10.5 Å². The molecule has 0 spiro atoms. The molecule has 5 aliphatic heterocycles. The van der Waals surface area contributed by atoms with Crippen molar-refractivity contribution in [3.05, 3.63) is 305 Å². The summed E-state index contributed by atoms with van der Waals surface area (Å²) in [7, 11) is 1.41. The molecule has 18 rings (SSSR count). The molecular formula is C84H78BBr8N17O7. The number of carbonyl (C=O) groups is 3. The highest BCUT2D eigenvalue weighted by atomic mass is 79.9. The summed E-state index contributed by atoms with van der Waals surface area (Å²) in [6.07, 6.45) is 22.4. The molecule has 0 aliphatic carbocycles. The lowest BCUT2D eigenvalue weighted by molar-refractivity contribution is -0.141. The zero-order valence-corrected chi connectivity index (χ0v) is 75.2. The molecule has 5 atom stereocenters. The number of ketones is 1. The molecule has 10 N–H and O–H groups in total. The summed E-state index contributed by atoms with van der Waals surface area (Å²) in [6.45, 7) is 1.56. The molecule has 5 aliphatic rings. The number of halogens is 8. The zero-order chi connectivity index (χ0) is 82.5. The Morgan fingerprint density at radius 2 is 0.838 bits per heavy atom. The Morgan fingerprint density at radius 1 is 0.496 bits per heavy atom. The molecule has 600 valence electrons. The molecule has 33 heteroatoms. The number of Topliss-reactive ketones (excluding diaryl/α,β-unsaturated/α-hetero) is 1. The number of rotatable bonds is 16. The highest BCUT2D eigenvalue weighted by Crippen LogP contribution is 2.49. The van der Waals surface area contributed by atoms with Crippen LogP contribution in [0.4, 0.5) is 5.69 Å². The fourth-order valence-electron chi connectivity index (χ4n) is 14.7. The number of ether oxygens (including phenoxy) is 2. The number of nitrogens with zero attached hydrogens (tertiary/aromatic N) is 12. The van der Waals surface area contributed by atoms with Gasteiger partial charge in [0.2, 0.25) is 5.91 Å². The Bertz CT molecular complexity index is 5550. The van der Waals surface area contributed by atoms with Crippen molar-refractivity contribution in [1.29, 1.82) is 21.6 Å². The minimum atomic E-state index is -0.219. The summed E-state index contributed by atoms with van der Waals surface area (Å²) in [5.74, 6) is 4.96. The number of aliphatic hydroxyl groups excluding tert-OH is 1. The second-order valence-electron chi connectivity index (χ2n) is 26.5. The number of amides is 1. The van der Waals surface area contributed by atoms with Gasteiger partial charge in [0.15, 0.2) is 0 Å². The normalized spacial score (nSPS) is 14.5. The van der Waals surface area contributed by atoms with Crippen LogP contribution in [-0.4, -0.2) is 99.5 Å². The molecule has 0 fully saturated rings. The minimum absolute atomic E-state index is 0.